The molecule has 3 heteroatoms. The molecular formula is C36H50O3. The van der Waals surface area contributed by atoms with Crippen LogP contribution in [0.1, 0.15) is 119 Å². The van der Waals surface area contributed by atoms with Crippen molar-refractivity contribution in [3.8, 4) is 5.75 Å². The van der Waals surface area contributed by atoms with Gasteiger partial charge in [-0.3, -0.25) is 0 Å². The molecule has 39 heavy (non-hydrogen) atoms. The minimum Gasteiger partial charge on any atom is -0.494 e. The first-order valence-corrected chi connectivity index (χ1v) is 15.5. The lowest BCUT2D eigenvalue weighted by molar-refractivity contribution is 0.0319. The Bertz CT molecular complexity index is 1100. The normalized spacial score (nSPS) is 12.0. The molecule has 3 aromatic rings. The van der Waals surface area contributed by atoms with Crippen LogP contribution in [0, 0.1) is 0 Å². The van der Waals surface area contributed by atoms with Gasteiger partial charge in [-0.05, 0) is 85.2 Å². The van der Waals surface area contributed by atoms with E-state index in [0.717, 1.165) is 44.5 Å². The van der Waals surface area contributed by atoms with Crippen LogP contribution >= 0.6 is 0 Å². The van der Waals surface area contributed by atoms with Gasteiger partial charge in [-0.25, -0.2) is 4.79 Å². The van der Waals surface area contributed by atoms with E-state index < -0.39 is 0 Å². The van der Waals surface area contributed by atoms with Gasteiger partial charge in [0.1, 0.15) is 5.75 Å². The van der Waals surface area contributed by atoms with Crippen molar-refractivity contribution in [1.29, 1.82) is 0 Å². The molecule has 212 valence electrons. The number of hydrogen-bond acceptors (Lipinski definition) is 3. The standard InChI is InChI=1S/C36H50O3/c1-4-6-8-10-11-12-14-26-38-35-25-24-33-27-31(20-23-34(33)28-35)17-16-30-18-21-32(22-19-30)36(37)39-29(3)15-13-9-7-5-2/h18-25,27-29H,4-17,26H2,1-3H3/t29-/m1/s1. The largest absolute Gasteiger partial charge is 0.494 e. The van der Waals surface area contributed by atoms with Gasteiger partial charge >= 0.3 is 5.97 Å². The van der Waals surface area contributed by atoms with Gasteiger partial charge in [0.15, 0.2) is 0 Å². The minimum atomic E-state index is -0.218. The van der Waals surface area contributed by atoms with Crippen LogP contribution in [0.2, 0.25) is 0 Å². The summed E-state index contributed by atoms with van der Waals surface area (Å²) in [6.07, 6.45) is 16.7. The molecule has 3 rings (SSSR count). The van der Waals surface area contributed by atoms with Crippen LogP contribution in [0.5, 0.6) is 5.75 Å². The number of esters is 1. The van der Waals surface area contributed by atoms with Crippen LogP contribution in [0.3, 0.4) is 0 Å². The average Bonchev–Trinajstić information content (AvgIpc) is 2.95. The Morgan fingerprint density at radius 1 is 0.667 bits per heavy atom. The van der Waals surface area contributed by atoms with Crippen LogP contribution in [0.15, 0.2) is 60.7 Å². The highest BCUT2D eigenvalue weighted by Gasteiger charge is 2.12. The highest BCUT2D eigenvalue weighted by atomic mass is 16.5. The van der Waals surface area contributed by atoms with Crippen LogP contribution in [-0.2, 0) is 17.6 Å². The summed E-state index contributed by atoms with van der Waals surface area (Å²) in [7, 11) is 0. The first-order chi connectivity index (χ1) is 19.1. The average molecular weight is 531 g/mol. The summed E-state index contributed by atoms with van der Waals surface area (Å²) in [6, 6.07) is 21.0. The topological polar surface area (TPSA) is 35.5 Å². The van der Waals surface area contributed by atoms with E-state index in [1.165, 1.54) is 79.7 Å². The van der Waals surface area contributed by atoms with Gasteiger partial charge in [-0.2, -0.15) is 0 Å². The van der Waals surface area contributed by atoms with Crippen molar-refractivity contribution in [3.63, 3.8) is 0 Å². The summed E-state index contributed by atoms with van der Waals surface area (Å²) in [5.74, 6) is 0.746. The van der Waals surface area contributed by atoms with E-state index in [2.05, 4.69) is 62.4 Å². The summed E-state index contributed by atoms with van der Waals surface area (Å²) >= 11 is 0. The number of hydrogen-bond donors (Lipinski definition) is 0. The predicted octanol–water partition coefficient (Wildman–Crippen LogP) is 10.3. The first-order valence-electron chi connectivity index (χ1n) is 15.5. The zero-order chi connectivity index (χ0) is 27.7. The van der Waals surface area contributed by atoms with Gasteiger partial charge in [-0.15, -0.1) is 0 Å². The zero-order valence-corrected chi connectivity index (χ0v) is 24.7. The van der Waals surface area contributed by atoms with Crippen LogP contribution < -0.4 is 4.74 Å². The van der Waals surface area contributed by atoms with Crippen LogP contribution in [0.4, 0.5) is 0 Å². The Hall–Kier alpha value is -2.81. The fourth-order valence-corrected chi connectivity index (χ4v) is 5.03. The molecule has 0 saturated carbocycles. The lowest BCUT2D eigenvalue weighted by Gasteiger charge is -2.13. The van der Waals surface area contributed by atoms with Gasteiger partial charge in [0, 0.05) is 0 Å². The number of carbonyl (C=O) groups is 1. The summed E-state index contributed by atoms with van der Waals surface area (Å²) in [6.45, 7) is 7.26. The quantitative estimate of drug-likeness (QED) is 0.114. The van der Waals surface area contributed by atoms with Gasteiger partial charge in [0.25, 0.3) is 0 Å². The Morgan fingerprint density at radius 3 is 2.00 bits per heavy atom. The molecule has 0 aliphatic carbocycles. The molecule has 1 atom stereocenters. The number of benzene rings is 3. The monoisotopic (exact) mass is 530 g/mol. The lowest BCUT2D eigenvalue weighted by atomic mass is 10.0. The van der Waals surface area contributed by atoms with Gasteiger partial charge < -0.3 is 9.47 Å². The maximum Gasteiger partial charge on any atom is 0.338 e. The highest BCUT2D eigenvalue weighted by Crippen LogP contribution is 2.23. The van der Waals surface area contributed by atoms with Crippen LogP contribution in [0.25, 0.3) is 10.8 Å². The first kappa shape index (κ1) is 30.7. The molecule has 0 aliphatic rings. The number of carbonyl (C=O) groups excluding carboxylic acids is 1. The molecule has 0 amide bonds. The predicted molar refractivity (Wildman–Crippen MR) is 165 cm³/mol. The van der Waals surface area contributed by atoms with Crippen molar-refractivity contribution in [3.05, 3.63) is 77.4 Å². The Balaban J connectivity index is 1.41. The molecule has 0 bridgehead atoms. The van der Waals surface area contributed by atoms with E-state index in [-0.39, 0.29) is 12.1 Å². The molecule has 0 saturated heterocycles. The van der Waals surface area contributed by atoms with Crippen molar-refractivity contribution in [2.75, 3.05) is 6.61 Å². The maximum atomic E-state index is 12.5. The molecule has 0 radical (unpaired) electrons. The lowest BCUT2D eigenvalue weighted by Crippen LogP contribution is -2.15. The Morgan fingerprint density at radius 2 is 1.26 bits per heavy atom. The number of unbranched alkanes of at least 4 members (excludes halogenated alkanes) is 9. The van der Waals surface area contributed by atoms with E-state index >= 15 is 0 Å². The molecule has 3 aromatic carbocycles. The number of rotatable bonds is 19. The molecule has 0 aromatic heterocycles. The molecule has 0 fully saturated rings. The fraction of sp³-hybridized carbons (Fsp3) is 0.528. The van der Waals surface area contributed by atoms with E-state index in [9.17, 15) is 4.79 Å². The number of ether oxygens (including phenoxy) is 2. The number of fused-ring (bicyclic) bond motifs is 1. The third-order valence-corrected chi connectivity index (χ3v) is 7.56. The third kappa shape index (κ3) is 11.4. The second-order valence-corrected chi connectivity index (χ2v) is 11.1. The van der Waals surface area contributed by atoms with Gasteiger partial charge in [0.2, 0.25) is 0 Å². The molecule has 0 heterocycles. The summed E-state index contributed by atoms with van der Waals surface area (Å²) in [4.78, 5) is 12.5. The zero-order valence-electron chi connectivity index (χ0n) is 24.7. The molecule has 0 unspecified atom stereocenters. The SMILES string of the molecule is CCCCCCCCCOc1ccc2cc(CCc3ccc(C(=O)O[C@H](C)CCCCCC)cc3)ccc2c1. The van der Waals surface area contributed by atoms with E-state index in [1.807, 2.05) is 19.1 Å². The van der Waals surface area contributed by atoms with Crippen molar-refractivity contribution < 1.29 is 14.3 Å². The van der Waals surface area contributed by atoms with E-state index in [0.29, 0.717) is 5.56 Å². The number of aryl methyl sites for hydroxylation is 2. The van der Waals surface area contributed by atoms with Crippen LogP contribution in [-0.4, -0.2) is 18.7 Å². The highest BCUT2D eigenvalue weighted by molar-refractivity contribution is 5.89. The fourth-order valence-electron chi connectivity index (χ4n) is 5.03. The summed E-state index contributed by atoms with van der Waals surface area (Å²) in [5, 5.41) is 2.47. The summed E-state index contributed by atoms with van der Waals surface area (Å²) < 4.78 is 11.7. The smallest absolute Gasteiger partial charge is 0.338 e. The van der Waals surface area contributed by atoms with Gasteiger partial charge in [0.05, 0.1) is 18.3 Å². The second kappa shape index (κ2) is 17.7. The summed E-state index contributed by atoms with van der Waals surface area (Å²) in [5.41, 5.74) is 3.18. The molecule has 0 spiro atoms. The third-order valence-electron chi connectivity index (χ3n) is 7.56. The molecule has 3 nitrogen and oxygen atoms in total. The van der Waals surface area contributed by atoms with E-state index in [4.69, 9.17) is 9.47 Å². The van der Waals surface area contributed by atoms with Crippen molar-refractivity contribution in [2.45, 2.75) is 117 Å². The minimum absolute atomic E-state index is 0.0327. The Kier molecular flexibility index (Phi) is 14.0. The van der Waals surface area contributed by atoms with Crippen molar-refractivity contribution in [1.82, 2.24) is 0 Å². The van der Waals surface area contributed by atoms with E-state index in [1.54, 1.807) is 0 Å². The Labute approximate surface area is 237 Å². The second-order valence-electron chi connectivity index (χ2n) is 11.1. The molecule has 0 aliphatic heterocycles. The van der Waals surface area contributed by atoms with Crippen molar-refractivity contribution in [2.24, 2.45) is 0 Å². The van der Waals surface area contributed by atoms with Crippen molar-refractivity contribution >= 4 is 16.7 Å². The molecule has 0 N–H and O–H groups in total. The van der Waals surface area contributed by atoms with Gasteiger partial charge in [-0.1, -0.05) is 108 Å². The molecular weight excluding hydrogens is 480 g/mol. The maximum absolute atomic E-state index is 12.5.